The van der Waals surface area contributed by atoms with Crippen molar-refractivity contribution in [3.63, 3.8) is 0 Å². The molecular formula is C88H134F3N15O7S. The molecule has 10 N–H and O–H groups in total. The molecule has 0 radical (unpaired) electrons. The number of ether oxygens (including phenoxy) is 2. The summed E-state index contributed by atoms with van der Waals surface area (Å²) < 4.78 is 75.8. The van der Waals surface area contributed by atoms with Gasteiger partial charge in [0.1, 0.15) is 5.60 Å². The Balaban J connectivity index is 0.000000179. The highest BCUT2D eigenvalue weighted by Crippen LogP contribution is 2.27. The quantitative estimate of drug-likeness (QED) is 0.0284. The van der Waals surface area contributed by atoms with Crippen molar-refractivity contribution in [2.45, 2.75) is 343 Å². The second kappa shape index (κ2) is 51.0. The maximum atomic E-state index is 12.7. The zero-order valence-electron chi connectivity index (χ0n) is 68.5. The van der Waals surface area contributed by atoms with Crippen LogP contribution in [0.5, 0.6) is 0 Å². The molecular weight excluding hydrogens is 1470 g/mol. The van der Waals surface area contributed by atoms with Crippen molar-refractivity contribution in [3.8, 4) is 0 Å². The Labute approximate surface area is 678 Å². The van der Waals surface area contributed by atoms with Crippen molar-refractivity contribution in [3.05, 3.63) is 127 Å². The largest absolute Gasteiger partial charge is 0.471 e. The monoisotopic (exact) mass is 1600 g/mol. The van der Waals surface area contributed by atoms with Crippen molar-refractivity contribution in [2.24, 2.45) is 25.0 Å². The Hall–Kier alpha value is -8.26. The lowest BCUT2D eigenvalue weighted by atomic mass is 9.95. The van der Waals surface area contributed by atoms with Crippen LogP contribution in [0.3, 0.4) is 0 Å². The van der Waals surface area contributed by atoms with Crippen LogP contribution in [0.1, 0.15) is 288 Å². The van der Waals surface area contributed by atoms with Gasteiger partial charge >= 0.3 is 18.2 Å². The number of para-hydroxylation sites is 2. The Morgan fingerprint density at radius 2 is 0.754 bits per heavy atom. The van der Waals surface area contributed by atoms with E-state index in [4.69, 9.17) is 24.5 Å². The van der Waals surface area contributed by atoms with Gasteiger partial charge in [0, 0.05) is 48.6 Å². The molecule has 0 bridgehead atoms. The number of nitrogens with zero attached hydrogens (tertiary/aromatic N) is 5. The third-order valence-electron chi connectivity index (χ3n) is 21.6. The number of alkyl carbamates (subject to hydrolysis) is 1. The summed E-state index contributed by atoms with van der Waals surface area (Å²) in [5.74, 6) is 0.267. The minimum absolute atomic E-state index is 0.0755. The van der Waals surface area contributed by atoms with E-state index < -0.39 is 33.8 Å². The molecule has 630 valence electrons. The summed E-state index contributed by atoms with van der Waals surface area (Å²) in [7, 11) is -1.87. The normalized spacial score (nSPS) is 19.4. The number of alkyl halides is 3. The number of carbonyl (C=O) groups is 3. The van der Waals surface area contributed by atoms with Gasteiger partial charge in [0.25, 0.3) is 15.9 Å². The fourth-order valence-corrected chi connectivity index (χ4v) is 16.6. The van der Waals surface area contributed by atoms with Crippen molar-refractivity contribution < 1.29 is 45.4 Å². The minimum atomic E-state index is -4.99. The fourth-order valence-electron chi connectivity index (χ4n) is 15.6. The van der Waals surface area contributed by atoms with Gasteiger partial charge in [0.15, 0.2) is 11.9 Å². The number of anilines is 1. The maximum absolute atomic E-state index is 12.7. The maximum Gasteiger partial charge on any atom is 0.471 e. The number of hydrogen-bond acceptors (Lipinski definition) is 12. The van der Waals surface area contributed by atoms with Gasteiger partial charge in [-0.3, -0.25) is 30.5 Å². The SMILES string of the molecule is CC(C)(C)OC(=O)NC(=NC1CCCCC1)NC1CCCCC1.COCCN=C(NC1CCCCC1)NC1CCCCC1.O=C(NC(=NC1CCCCC1)NC1CCCCC1)c1ccccc1.O=C(NC(=Nc1ccccc1)Nc1ccccc1)C(F)(F)F.O=S(=O)(NC(=NC1CCCCC1)NC1CCCCC1)c1ccccc1. The van der Waals surface area contributed by atoms with Crippen LogP contribution < -0.4 is 52.6 Å². The number of hydrogen-bond donors (Lipinski definition) is 10. The molecule has 26 heteroatoms. The van der Waals surface area contributed by atoms with Crippen molar-refractivity contribution in [1.82, 2.24) is 47.3 Å². The van der Waals surface area contributed by atoms with Crippen LogP contribution in [-0.2, 0) is 24.3 Å². The number of guanidine groups is 5. The number of carbonyl (C=O) groups excluding carboxylic acids is 3. The first kappa shape index (κ1) is 91.3. The number of methoxy groups -OCH3 is 1. The summed E-state index contributed by atoms with van der Waals surface area (Å²) >= 11 is 0. The van der Waals surface area contributed by atoms with Crippen LogP contribution in [0, 0.1) is 0 Å². The smallest absolute Gasteiger partial charge is 0.444 e. The molecule has 8 fully saturated rings. The third kappa shape index (κ3) is 37.6. The summed E-state index contributed by atoms with van der Waals surface area (Å²) in [5.41, 5.74) is 1.09. The molecule has 0 atom stereocenters. The van der Waals surface area contributed by atoms with E-state index in [1.807, 2.05) is 57.2 Å². The van der Waals surface area contributed by atoms with Gasteiger partial charge in [0.05, 0.1) is 41.9 Å². The van der Waals surface area contributed by atoms with E-state index in [1.165, 1.54) is 193 Å². The number of rotatable bonds is 16. The van der Waals surface area contributed by atoms with E-state index in [0.29, 0.717) is 83.7 Å². The lowest BCUT2D eigenvalue weighted by Crippen LogP contribution is -2.48. The summed E-state index contributed by atoms with van der Waals surface area (Å²) in [6.07, 6.45) is 43.9. The number of sulfonamides is 1. The van der Waals surface area contributed by atoms with E-state index in [2.05, 4.69) is 57.2 Å². The first-order valence-electron chi connectivity index (χ1n) is 43.1. The molecule has 8 aliphatic carbocycles. The lowest BCUT2D eigenvalue weighted by Gasteiger charge is -2.29. The molecule has 3 amide bonds. The first-order valence-corrected chi connectivity index (χ1v) is 44.6. The van der Waals surface area contributed by atoms with Gasteiger partial charge in [-0.25, -0.2) is 37.9 Å². The molecule has 12 rings (SSSR count). The number of nitrogens with one attached hydrogen (secondary N) is 10. The van der Waals surface area contributed by atoms with E-state index in [1.54, 1.807) is 97.4 Å². The second-order valence-electron chi connectivity index (χ2n) is 32.5. The highest BCUT2D eigenvalue weighted by molar-refractivity contribution is 7.90. The van der Waals surface area contributed by atoms with Crippen LogP contribution in [0.4, 0.5) is 29.3 Å². The molecule has 0 heterocycles. The summed E-state index contributed by atoms with van der Waals surface area (Å²) in [5, 5.41) is 27.9. The average molecular weight is 1600 g/mol. The highest BCUT2D eigenvalue weighted by Gasteiger charge is 2.39. The van der Waals surface area contributed by atoms with Crippen LogP contribution in [0.2, 0.25) is 0 Å². The number of halogens is 3. The molecule has 22 nitrogen and oxygen atoms in total. The molecule has 0 aromatic heterocycles. The molecule has 0 unspecified atom stereocenters. The fraction of sp³-hybridized carbons (Fsp3) is 0.636. The van der Waals surface area contributed by atoms with Crippen LogP contribution in [-0.4, -0.2) is 136 Å². The molecule has 0 saturated heterocycles. The standard InChI is InChI=1S/C20H29N3O.C19H29N3O2S.C18H33N3O2.C16H31N3O.C15H12F3N3O/c24-19(16-10-4-1-5-11-16)23-20(21-17-12-6-2-7-13-17)22-18-14-8-3-9-15-18;23-25(24,18-14-8-3-9-15-18)22-19(20-16-10-4-1-5-11-16)21-17-12-6-2-7-13-17;1-18(2,3)23-17(22)21-16(19-14-10-6-4-7-11-14)20-15-12-8-5-9-13-15;1-20-13-12-17-16(18-14-8-4-2-5-9-14)19-15-10-6-3-7-11-15;16-15(17,18)13(22)21-14(19-11-7-3-1-4-8-11)20-12-9-5-2-6-10-12/h1,4-5,10-11,17-18H,2-3,6-9,12-15H2,(H2,21,22,23,24);3,8-9,14-17H,1-2,4-7,10-13H2,(H2,20,21,22);14-15H,4-13H2,1-3H3,(H2,19,20,21,22);14-15H,2-13H2,1H3,(H2,17,18,19);1-10H,(H2,19,20,21,22). The van der Waals surface area contributed by atoms with Crippen molar-refractivity contribution in [2.75, 3.05) is 25.6 Å². The van der Waals surface area contributed by atoms with Gasteiger partial charge in [0.2, 0.25) is 17.9 Å². The molecule has 0 spiro atoms. The Morgan fingerprint density at radius 1 is 0.412 bits per heavy atom. The number of amides is 3. The Bertz CT molecular complexity index is 3610. The summed E-state index contributed by atoms with van der Waals surface area (Å²) in [6, 6.07) is 38.0. The predicted molar refractivity (Wildman–Crippen MR) is 455 cm³/mol. The van der Waals surface area contributed by atoms with Gasteiger partial charge in [-0.05, 0) is 172 Å². The predicted octanol–water partition coefficient (Wildman–Crippen LogP) is 18.0. The summed E-state index contributed by atoms with van der Waals surface area (Å²) in [6.45, 7) is 7.06. The minimum Gasteiger partial charge on any atom is -0.444 e. The van der Waals surface area contributed by atoms with Crippen molar-refractivity contribution >= 4 is 69.1 Å². The molecule has 8 saturated carbocycles. The van der Waals surface area contributed by atoms with E-state index in [9.17, 15) is 36.0 Å². The molecule has 0 aliphatic heterocycles. The zero-order chi connectivity index (χ0) is 80.9. The van der Waals surface area contributed by atoms with Crippen LogP contribution in [0.15, 0.2) is 151 Å². The highest BCUT2D eigenvalue weighted by atomic mass is 32.2. The first-order chi connectivity index (χ1) is 55.2. The summed E-state index contributed by atoms with van der Waals surface area (Å²) in [4.78, 5) is 59.0. The topological polar surface area (TPSA) is 286 Å². The zero-order valence-corrected chi connectivity index (χ0v) is 69.3. The molecule has 8 aliphatic rings. The van der Waals surface area contributed by atoms with Crippen LogP contribution >= 0.6 is 0 Å². The van der Waals surface area contributed by atoms with Gasteiger partial charge in [-0.15, -0.1) is 0 Å². The van der Waals surface area contributed by atoms with Crippen molar-refractivity contribution in [1.29, 1.82) is 0 Å². The van der Waals surface area contributed by atoms with Crippen LogP contribution in [0.25, 0.3) is 0 Å². The average Bonchev–Trinajstić information content (AvgIpc) is 0.832. The Morgan fingerprint density at radius 3 is 1.14 bits per heavy atom. The number of benzene rings is 4. The van der Waals surface area contributed by atoms with E-state index in [0.717, 1.165) is 76.7 Å². The second-order valence-corrected chi connectivity index (χ2v) is 34.2. The molecule has 114 heavy (non-hydrogen) atoms. The third-order valence-corrected chi connectivity index (χ3v) is 23.0. The van der Waals surface area contributed by atoms with Gasteiger partial charge in [-0.1, -0.05) is 227 Å². The van der Waals surface area contributed by atoms with E-state index >= 15 is 0 Å². The number of aliphatic imine (C=N–C) groups is 5. The lowest BCUT2D eigenvalue weighted by molar-refractivity contribution is -0.171. The van der Waals surface area contributed by atoms with Gasteiger partial charge in [-0.2, -0.15) is 13.2 Å². The molecule has 4 aromatic rings. The Kier molecular flexibility index (Phi) is 40.8. The van der Waals surface area contributed by atoms with E-state index in [-0.39, 0.29) is 22.8 Å². The molecule has 4 aromatic carbocycles. The van der Waals surface area contributed by atoms with Gasteiger partial charge < -0.3 is 41.4 Å².